The minimum atomic E-state index is 0. The van der Waals surface area contributed by atoms with Gasteiger partial charge in [0, 0.05) is 26.3 Å². The molecule has 1 heterocycles. The van der Waals surface area contributed by atoms with E-state index in [4.69, 9.17) is 4.74 Å². The van der Waals surface area contributed by atoms with Gasteiger partial charge in [0.15, 0.2) is 5.96 Å². The first-order valence-corrected chi connectivity index (χ1v) is 7.90. The summed E-state index contributed by atoms with van der Waals surface area (Å²) >= 11 is 0. The number of guanidine groups is 1. The summed E-state index contributed by atoms with van der Waals surface area (Å²) in [5, 5.41) is 10.6. The molecule has 0 aliphatic heterocycles. The van der Waals surface area contributed by atoms with Gasteiger partial charge in [-0.1, -0.05) is 30.3 Å². The van der Waals surface area contributed by atoms with Gasteiger partial charge >= 0.3 is 0 Å². The number of aryl methyl sites for hydroxylation is 1. The quantitative estimate of drug-likeness (QED) is 0.285. The Morgan fingerprint density at radius 1 is 1.21 bits per heavy atom. The van der Waals surface area contributed by atoms with Crippen LogP contribution >= 0.6 is 24.0 Å². The third-order valence-corrected chi connectivity index (χ3v) is 3.32. The fourth-order valence-electron chi connectivity index (χ4n) is 2.06. The maximum Gasteiger partial charge on any atom is 0.191 e. The van der Waals surface area contributed by atoms with Crippen molar-refractivity contribution in [1.82, 2.24) is 20.4 Å². The van der Waals surface area contributed by atoms with E-state index >= 15 is 0 Å². The molecule has 7 heteroatoms. The van der Waals surface area contributed by atoms with Crippen molar-refractivity contribution in [1.29, 1.82) is 0 Å². The Bertz CT molecular complexity index is 600. The van der Waals surface area contributed by atoms with Crippen LogP contribution in [0.15, 0.2) is 47.6 Å². The molecular formula is C17H26IN5O. The predicted molar refractivity (Wildman–Crippen MR) is 108 cm³/mol. The van der Waals surface area contributed by atoms with Gasteiger partial charge in [-0.25, -0.2) is 4.99 Å². The molecule has 1 aromatic heterocycles. The van der Waals surface area contributed by atoms with Crippen LogP contribution in [0, 0.1) is 0 Å². The van der Waals surface area contributed by atoms with Crippen molar-refractivity contribution in [3.05, 3.63) is 53.9 Å². The van der Waals surface area contributed by atoms with Crippen molar-refractivity contribution < 1.29 is 4.74 Å². The number of halogens is 1. The molecule has 132 valence electrons. The van der Waals surface area contributed by atoms with Gasteiger partial charge in [0.1, 0.15) is 0 Å². The second kappa shape index (κ2) is 11.9. The number of ether oxygens (including phenoxy) is 1. The molecule has 0 saturated heterocycles. The molecule has 0 atom stereocenters. The number of aromatic nitrogens is 2. The largest absolute Gasteiger partial charge is 0.375 e. The molecule has 0 spiro atoms. The molecule has 2 rings (SSSR count). The van der Waals surface area contributed by atoms with Gasteiger partial charge in [-0.15, -0.1) is 24.0 Å². The molecule has 0 amide bonds. The molecular weight excluding hydrogens is 417 g/mol. The van der Waals surface area contributed by atoms with Crippen molar-refractivity contribution in [2.24, 2.45) is 12.0 Å². The Kier molecular flexibility index (Phi) is 10.1. The van der Waals surface area contributed by atoms with Crippen LogP contribution < -0.4 is 10.6 Å². The number of hydrogen-bond acceptors (Lipinski definition) is 3. The SMILES string of the molecule is CCNC(=NCc1ccnn1C)NCCOCc1ccccc1.I. The van der Waals surface area contributed by atoms with Gasteiger partial charge in [0.2, 0.25) is 0 Å². The van der Waals surface area contributed by atoms with E-state index in [0.29, 0.717) is 26.3 Å². The van der Waals surface area contributed by atoms with Crippen LogP contribution in [-0.2, 0) is 24.9 Å². The zero-order valence-electron chi connectivity index (χ0n) is 14.2. The van der Waals surface area contributed by atoms with Crippen molar-refractivity contribution in [2.75, 3.05) is 19.7 Å². The second-order valence-corrected chi connectivity index (χ2v) is 5.11. The third-order valence-electron chi connectivity index (χ3n) is 3.32. The molecule has 2 aromatic rings. The summed E-state index contributed by atoms with van der Waals surface area (Å²) in [5.41, 5.74) is 2.26. The predicted octanol–water partition coefficient (Wildman–Crippen LogP) is 2.31. The van der Waals surface area contributed by atoms with Gasteiger partial charge in [0.25, 0.3) is 0 Å². The molecule has 2 N–H and O–H groups in total. The van der Waals surface area contributed by atoms with Gasteiger partial charge < -0.3 is 15.4 Å². The van der Waals surface area contributed by atoms with E-state index in [1.165, 1.54) is 5.56 Å². The Morgan fingerprint density at radius 3 is 2.67 bits per heavy atom. The second-order valence-electron chi connectivity index (χ2n) is 5.11. The minimum Gasteiger partial charge on any atom is -0.375 e. The van der Waals surface area contributed by atoms with Crippen molar-refractivity contribution in [3.63, 3.8) is 0 Å². The molecule has 0 bridgehead atoms. The third kappa shape index (κ3) is 7.31. The highest BCUT2D eigenvalue weighted by atomic mass is 127. The van der Waals surface area contributed by atoms with E-state index in [9.17, 15) is 0 Å². The first kappa shape index (κ1) is 20.4. The van der Waals surface area contributed by atoms with Crippen LogP contribution in [0.4, 0.5) is 0 Å². The fourth-order valence-corrected chi connectivity index (χ4v) is 2.06. The molecule has 0 unspecified atom stereocenters. The van der Waals surface area contributed by atoms with Crippen LogP contribution in [0.5, 0.6) is 0 Å². The summed E-state index contributed by atoms with van der Waals surface area (Å²) in [6, 6.07) is 12.1. The van der Waals surface area contributed by atoms with E-state index in [1.807, 2.05) is 42.9 Å². The van der Waals surface area contributed by atoms with Crippen molar-refractivity contribution in [2.45, 2.75) is 20.1 Å². The number of nitrogens with one attached hydrogen (secondary N) is 2. The Hall–Kier alpha value is -1.61. The maximum atomic E-state index is 5.66. The summed E-state index contributed by atoms with van der Waals surface area (Å²) in [4.78, 5) is 4.55. The van der Waals surface area contributed by atoms with Crippen molar-refractivity contribution >= 4 is 29.9 Å². The average Bonchev–Trinajstić information content (AvgIpc) is 2.98. The average molecular weight is 443 g/mol. The molecule has 0 fully saturated rings. The van der Waals surface area contributed by atoms with Crippen LogP contribution in [0.25, 0.3) is 0 Å². The number of nitrogens with zero attached hydrogens (tertiary/aromatic N) is 3. The summed E-state index contributed by atoms with van der Waals surface area (Å²) in [7, 11) is 1.92. The standard InChI is InChI=1S/C17H25N5O.HI/c1-3-18-17(20-13-16-9-10-21-22(16)2)19-11-12-23-14-15-7-5-4-6-8-15;/h4-10H,3,11-14H2,1-2H3,(H2,18,19,20);1H. The van der Waals surface area contributed by atoms with Crippen LogP contribution in [-0.4, -0.2) is 35.4 Å². The maximum absolute atomic E-state index is 5.66. The molecule has 1 aromatic carbocycles. The molecule has 0 radical (unpaired) electrons. The lowest BCUT2D eigenvalue weighted by atomic mass is 10.2. The monoisotopic (exact) mass is 443 g/mol. The highest BCUT2D eigenvalue weighted by Gasteiger charge is 2.00. The summed E-state index contributed by atoms with van der Waals surface area (Å²) in [6.07, 6.45) is 1.78. The molecule has 24 heavy (non-hydrogen) atoms. The smallest absolute Gasteiger partial charge is 0.191 e. The number of aliphatic imine (C=N–C) groups is 1. The van der Waals surface area contributed by atoms with Crippen LogP contribution in [0.2, 0.25) is 0 Å². The van der Waals surface area contributed by atoms with E-state index in [0.717, 1.165) is 18.2 Å². The summed E-state index contributed by atoms with van der Waals surface area (Å²) in [6.45, 7) is 5.44. The lowest BCUT2D eigenvalue weighted by Gasteiger charge is -2.11. The molecule has 6 nitrogen and oxygen atoms in total. The summed E-state index contributed by atoms with van der Waals surface area (Å²) in [5.74, 6) is 0.789. The van der Waals surface area contributed by atoms with Crippen LogP contribution in [0.3, 0.4) is 0 Å². The van der Waals surface area contributed by atoms with E-state index in [2.05, 4.69) is 32.9 Å². The van der Waals surface area contributed by atoms with Gasteiger partial charge in [-0.05, 0) is 18.6 Å². The topological polar surface area (TPSA) is 63.5 Å². The lowest BCUT2D eigenvalue weighted by molar-refractivity contribution is 0.125. The Balaban J connectivity index is 0.00000288. The Labute approximate surface area is 160 Å². The number of hydrogen-bond donors (Lipinski definition) is 2. The van der Waals surface area contributed by atoms with Gasteiger partial charge in [-0.3, -0.25) is 4.68 Å². The normalized spacial score (nSPS) is 11.0. The molecule has 0 aliphatic rings. The zero-order chi connectivity index (χ0) is 16.3. The molecule has 0 aliphatic carbocycles. The number of rotatable bonds is 8. The number of benzene rings is 1. The van der Waals surface area contributed by atoms with Crippen LogP contribution in [0.1, 0.15) is 18.2 Å². The zero-order valence-corrected chi connectivity index (χ0v) is 16.6. The summed E-state index contributed by atoms with van der Waals surface area (Å²) < 4.78 is 7.49. The van der Waals surface area contributed by atoms with E-state index in [-0.39, 0.29) is 24.0 Å². The minimum absolute atomic E-state index is 0. The lowest BCUT2D eigenvalue weighted by Crippen LogP contribution is -2.39. The highest BCUT2D eigenvalue weighted by Crippen LogP contribution is 2.00. The van der Waals surface area contributed by atoms with Gasteiger partial charge in [0.05, 0.1) is 25.5 Å². The Morgan fingerprint density at radius 2 is 2.00 bits per heavy atom. The van der Waals surface area contributed by atoms with Gasteiger partial charge in [-0.2, -0.15) is 5.10 Å². The molecule has 0 saturated carbocycles. The van der Waals surface area contributed by atoms with Crippen molar-refractivity contribution in [3.8, 4) is 0 Å². The van der Waals surface area contributed by atoms with E-state index in [1.54, 1.807) is 6.20 Å². The van der Waals surface area contributed by atoms with E-state index < -0.39 is 0 Å². The highest BCUT2D eigenvalue weighted by molar-refractivity contribution is 14.0. The first-order valence-electron chi connectivity index (χ1n) is 7.90. The fraction of sp³-hybridized carbons (Fsp3) is 0.412. The first-order chi connectivity index (χ1) is 11.3.